The van der Waals surface area contributed by atoms with Crippen molar-refractivity contribution < 1.29 is 4.79 Å². The van der Waals surface area contributed by atoms with Gasteiger partial charge in [-0.3, -0.25) is 14.8 Å². The number of fused-ring (bicyclic) bond motifs is 2. The van der Waals surface area contributed by atoms with Gasteiger partial charge in [-0.25, -0.2) is 9.97 Å². The van der Waals surface area contributed by atoms with Crippen LogP contribution in [0.1, 0.15) is 53.0 Å². The first-order valence-electron chi connectivity index (χ1n) is 13.5. The number of nitrogens with one attached hydrogen (secondary N) is 1. The molecule has 8 heteroatoms. The van der Waals surface area contributed by atoms with E-state index in [1.54, 1.807) is 12.4 Å². The first-order chi connectivity index (χ1) is 19.6. The largest absolute Gasteiger partial charge is 0.341 e. The maximum absolute atomic E-state index is 13.1. The zero-order chi connectivity index (χ0) is 26.7. The van der Waals surface area contributed by atoms with Crippen molar-refractivity contribution in [1.29, 1.82) is 0 Å². The van der Waals surface area contributed by atoms with Gasteiger partial charge in [0.15, 0.2) is 0 Å². The second-order valence-corrected chi connectivity index (χ2v) is 10.8. The van der Waals surface area contributed by atoms with Gasteiger partial charge >= 0.3 is 0 Å². The Bertz CT molecular complexity index is 1910. The Hall–Kier alpha value is -4.98. The number of rotatable bonds is 6. The summed E-state index contributed by atoms with van der Waals surface area (Å²) in [6.45, 7) is 0. The predicted octanol–water partition coefficient (Wildman–Crippen LogP) is 5.23. The number of amides is 1. The van der Waals surface area contributed by atoms with Gasteiger partial charge in [0.1, 0.15) is 5.69 Å². The number of aromatic nitrogens is 6. The fraction of sp³-hybridized carbons (Fsp3) is 0.188. The van der Waals surface area contributed by atoms with E-state index in [2.05, 4.69) is 49.5 Å². The maximum Gasteiger partial charge on any atom is 0.252 e. The summed E-state index contributed by atoms with van der Waals surface area (Å²) in [6.07, 6.45) is 11.1. The summed E-state index contributed by atoms with van der Waals surface area (Å²) in [5.41, 5.74) is 5.92. The molecule has 2 saturated carbocycles. The van der Waals surface area contributed by atoms with Crippen molar-refractivity contribution >= 4 is 22.6 Å². The second kappa shape index (κ2) is 8.51. The average Bonchev–Trinajstić information content (AvgIpc) is 3.94. The molecule has 6 aromatic rings. The third kappa shape index (κ3) is 3.67. The van der Waals surface area contributed by atoms with Gasteiger partial charge in [-0.15, -0.1) is 0 Å². The minimum atomic E-state index is -0.355. The Morgan fingerprint density at radius 3 is 2.40 bits per heavy atom. The van der Waals surface area contributed by atoms with Crippen LogP contribution in [0.2, 0.25) is 0 Å². The van der Waals surface area contributed by atoms with Gasteiger partial charge in [-0.05, 0) is 73.7 Å². The minimum absolute atomic E-state index is 0.102. The van der Waals surface area contributed by atoms with E-state index in [1.165, 1.54) is 5.56 Å². The molecule has 8 rings (SSSR count). The zero-order valence-electron chi connectivity index (χ0n) is 21.7. The molecule has 194 valence electrons. The van der Waals surface area contributed by atoms with E-state index >= 15 is 0 Å². The van der Waals surface area contributed by atoms with Crippen LogP contribution in [0.5, 0.6) is 0 Å². The fourth-order valence-electron chi connectivity index (χ4n) is 5.72. The van der Waals surface area contributed by atoms with Crippen LogP contribution in [0.4, 0.5) is 0 Å². The second-order valence-electron chi connectivity index (χ2n) is 10.8. The molecule has 8 nitrogen and oxygen atoms in total. The Morgan fingerprint density at radius 2 is 1.62 bits per heavy atom. The molecule has 2 fully saturated rings. The van der Waals surface area contributed by atoms with Gasteiger partial charge in [-0.1, -0.05) is 30.3 Å². The summed E-state index contributed by atoms with van der Waals surface area (Å²) in [4.78, 5) is 31.2. The van der Waals surface area contributed by atoms with Crippen LogP contribution in [0.3, 0.4) is 0 Å². The molecule has 0 aliphatic heterocycles. The highest BCUT2D eigenvalue weighted by atomic mass is 16.1. The number of carbonyl (C=O) groups excluding carboxylic acids is 1. The molecule has 2 aliphatic rings. The van der Waals surface area contributed by atoms with Crippen LogP contribution in [-0.2, 0) is 11.0 Å². The lowest BCUT2D eigenvalue weighted by Gasteiger charge is -2.17. The van der Waals surface area contributed by atoms with Gasteiger partial charge in [0, 0.05) is 34.3 Å². The molecule has 2 aromatic carbocycles. The van der Waals surface area contributed by atoms with E-state index in [1.807, 2.05) is 65.4 Å². The number of nitrogens with zero attached hydrogens (tertiary/aromatic N) is 6. The molecule has 1 amide bonds. The highest BCUT2D eigenvalue weighted by Gasteiger charge is 2.49. The van der Waals surface area contributed by atoms with Crippen LogP contribution >= 0.6 is 0 Å². The number of carbonyl (C=O) groups is 1. The smallest absolute Gasteiger partial charge is 0.252 e. The molecule has 4 aromatic heterocycles. The minimum Gasteiger partial charge on any atom is -0.341 e. The van der Waals surface area contributed by atoms with Gasteiger partial charge in [-0.2, -0.15) is 9.61 Å². The van der Waals surface area contributed by atoms with Crippen molar-refractivity contribution in [2.24, 2.45) is 0 Å². The third-order valence-electron chi connectivity index (χ3n) is 8.33. The van der Waals surface area contributed by atoms with Gasteiger partial charge < -0.3 is 5.32 Å². The van der Waals surface area contributed by atoms with Crippen LogP contribution in [0.25, 0.3) is 27.9 Å². The summed E-state index contributed by atoms with van der Waals surface area (Å²) in [6, 6.07) is 23.9. The molecule has 0 bridgehead atoms. The Kier molecular flexibility index (Phi) is 4.88. The predicted molar refractivity (Wildman–Crippen MR) is 151 cm³/mol. The van der Waals surface area contributed by atoms with Crippen molar-refractivity contribution in [3.63, 3.8) is 0 Å². The summed E-state index contributed by atoms with van der Waals surface area (Å²) in [7, 11) is 0. The number of imidazole rings is 1. The van der Waals surface area contributed by atoms with Crippen molar-refractivity contribution in [2.75, 3.05) is 0 Å². The van der Waals surface area contributed by atoms with Crippen LogP contribution in [0, 0.1) is 0 Å². The normalized spacial score (nSPS) is 16.6. The van der Waals surface area contributed by atoms with Crippen molar-refractivity contribution in [3.05, 3.63) is 120 Å². The molecular weight excluding hydrogens is 498 g/mol. The monoisotopic (exact) mass is 523 g/mol. The standard InChI is InChI=1S/C32H25N7O/c40-29(37-32(14-15-32)27-5-1-2-16-34-27)22-8-6-21(7-9-22)26-19-35-30-36-20-28(39(30)38-26)31(12-13-31)24-10-11-25-23(18-24)4-3-17-33-25/h1-11,16-20H,12-15H2,(H,37,40). The first kappa shape index (κ1) is 23.0. The zero-order valence-corrected chi connectivity index (χ0v) is 21.7. The molecule has 40 heavy (non-hydrogen) atoms. The lowest BCUT2D eigenvalue weighted by Crippen LogP contribution is -2.35. The molecule has 2 aliphatic carbocycles. The van der Waals surface area contributed by atoms with E-state index in [0.29, 0.717) is 11.3 Å². The molecule has 0 spiro atoms. The molecular formula is C32H25N7O. The first-order valence-corrected chi connectivity index (χ1v) is 13.5. The highest BCUT2D eigenvalue weighted by molar-refractivity contribution is 5.95. The molecule has 0 saturated heterocycles. The quantitative estimate of drug-likeness (QED) is 0.321. The van der Waals surface area contributed by atoms with E-state index < -0.39 is 0 Å². The number of pyridine rings is 2. The lowest BCUT2D eigenvalue weighted by molar-refractivity contribution is 0.0930. The van der Waals surface area contributed by atoms with Crippen LogP contribution < -0.4 is 5.32 Å². The summed E-state index contributed by atoms with van der Waals surface area (Å²) < 4.78 is 1.88. The van der Waals surface area contributed by atoms with E-state index in [-0.39, 0.29) is 16.9 Å². The number of benzene rings is 2. The van der Waals surface area contributed by atoms with Gasteiger partial charge in [0.05, 0.1) is 34.8 Å². The van der Waals surface area contributed by atoms with E-state index in [9.17, 15) is 4.79 Å². The van der Waals surface area contributed by atoms with Crippen LogP contribution in [0.15, 0.2) is 97.6 Å². The summed E-state index contributed by atoms with van der Waals surface area (Å²) in [5.74, 6) is 0.474. The van der Waals surface area contributed by atoms with Crippen LogP contribution in [-0.4, -0.2) is 35.5 Å². The fourth-order valence-corrected chi connectivity index (χ4v) is 5.72. The highest BCUT2D eigenvalue weighted by Crippen LogP contribution is 2.53. The number of hydrogen-bond acceptors (Lipinski definition) is 6. The lowest BCUT2D eigenvalue weighted by atomic mass is 9.91. The average molecular weight is 524 g/mol. The van der Waals surface area contributed by atoms with Crippen molar-refractivity contribution in [3.8, 4) is 11.3 Å². The summed E-state index contributed by atoms with van der Waals surface area (Å²) in [5, 5.41) is 9.27. The van der Waals surface area contributed by atoms with E-state index in [4.69, 9.17) is 5.10 Å². The Balaban J connectivity index is 1.08. The Labute approximate surface area is 230 Å². The number of hydrogen-bond donors (Lipinski definition) is 1. The third-order valence-corrected chi connectivity index (χ3v) is 8.33. The Morgan fingerprint density at radius 1 is 0.800 bits per heavy atom. The summed E-state index contributed by atoms with van der Waals surface area (Å²) >= 11 is 0. The van der Waals surface area contributed by atoms with Crippen molar-refractivity contribution in [2.45, 2.75) is 36.6 Å². The maximum atomic E-state index is 13.1. The van der Waals surface area contributed by atoms with Gasteiger partial charge in [0.2, 0.25) is 0 Å². The van der Waals surface area contributed by atoms with Gasteiger partial charge in [0.25, 0.3) is 11.7 Å². The molecule has 0 atom stereocenters. The molecule has 4 heterocycles. The topological polar surface area (TPSA) is 98.0 Å². The molecule has 0 unspecified atom stereocenters. The van der Waals surface area contributed by atoms with E-state index in [0.717, 1.165) is 59.2 Å². The van der Waals surface area contributed by atoms with Crippen molar-refractivity contribution in [1.82, 2.24) is 34.9 Å². The molecule has 0 radical (unpaired) electrons. The molecule has 1 N–H and O–H groups in total. The SMILES string of the molecule is O=C(NC1(c2ccccn2)CC1)c1ccc(-c2cnc3ncc(C4(c5ccc6ncccc6c5)CC4)n3n2)cc1.